The zero-order valence-electron chi connectivity index (χ0n) is 8.44. The van der Waals surface area contributed by atoms with Gasteiger partial charge in [0.2, 0.25) is 0 Å². The third-order valence-electron chi connectivity index (χ3n) is 2.01. The number of nitrogens with two attached hydrogens (primary N) is 1. The smallest absolute Gasteiger partial charge is 0.316 e. The number of benzene rings is 1. The van der Waals surface area contributed by atoms with E-state index in [4.69, 9.17) is 5.73 Å². The maximum atomic E-state index is 12.3. The molecule has 0 bridgehead atoms. The Morgan fingerprint density at radius 1 is 1.06 bits per heavy atom. The van der Waals surface area contributed by atoms with Crippen LogP contribution in [-0.2, 0) is 6.18 Å². The summed E-state index contributed by atoms with van der Waals surface area (Å²) in [5, 5.41) is 0. The summed E-state index contributed by atoms with van der Waals surface area (Å²) in [6.07, 6.45) is -9.51. The van der Waals surface area contributed by atoms with Crippen LogP contribution in [0.25, 0.3) is 0 Å². The van der Waals surface area contributed by atoms with Gasteiger partial charge in [-0.05, 0) is 23.8 Å². The molecule has 0 heterocycles. The fraction of sp³-hybridized carbons (Fsp3) is 0.333. The quantitative estimate of drug-likeness (QED) is 0.738. The lowest BCUT2D eigenvalue weighted by molar-refractivity contribution is -0.150. The fourth-order valence-corrected chi connectivity index (χ4v) is 1.63. The van der Waals surface area contributed by atoms with Gasteiger partial charge in [0.25, 0.3) is 0 Å². The van der Waals surface area contributed by atoms with Crippen LogP contribution in [0.15, 0.2) is 22.7 Å². The van der Waals surface area contributed by atoms with Gasteiger partial charge < -0.3 is 5.73 Å². The molecule has 1 aromatic carbocycles. The summed E-state index contributed by atoms with van der Waals surface area (Å²) in [5.74, 6) is 0. The molecule has 0 aliphatic rings. The van der Waals surface area contributed by atoms with Crippen LogP contribution in [0.3, 0.4) is 0 Å². The maximum Gasteiger partial charge on any atom is 0.416 e. The minimum Gasteiger partial charge on any atom is -0.316 e. The molecule has 0 aliphatic heterocycles. The molecule has 0 amide bonds. The molecule has 0 radical (unpaired) electrons. The predicted molar refractivity (Wildman–Crippen MR) is 59.4 cm³/mol. The molecule has 9 heteroatoms. The molecule has 1 nitrogen and oxygen atoms in total. The van der Waals surface area contributed by atoms with Crippen molar-refractivity contribution in [2.24, 2.45) is 5.73 Å². The highest BCUT2D eigenvalue weighted by Crippen LogP contribution is 2.38. The Morgan fingerprint density at radius 2 is 1.56 bits per heavy atom. The van der Waals surface area contributed by atoms with Crippen molar-refractivity contribution in [3.63, 3.8) is 0 Å². The molecule has 1 atom stereocenters. The van der Waals surface area contributed by atoms with Crippen molar-refractivity contribution >= 4 is 28.3 Å². The van der Waals surface area contributed by atoms with Gasteiger partial charge in [-0.3, -0.25) is 0 Å². The third-order valence-corrected chi connectivity index (χ3v) is 2.73. The van der Waals surface area contributed by atoms with E-state index in [9.17, 15) is 26.3 Å². The summed E-state index contributed by atoms with van der Waals surface area (Å²) in [5.41, 5.74) is 3.05. The molecule has 0 saturated carbocycles. The molecule has 0 aliphatic carbocycles. The average Bonchev–Trinajstić information content (AvgIpc) is 2.14. The van der Waals surface area contributed by atoms with E-state index in [1.165, 1.54) is 0 Å². The Balaban J connectivity index is 0.00000289. The maximum absolute atomic E-state index is 12.3. The molecule has 18 heavy (non-hydrogen) atoms. The summed E-state index contributed by atoms with van der Waals surface area (Å²) in [7, 11) is 0. The molecule has 1 rings (SSSR count). The van der Waals surface area contributed by atoms with Gasteiger partial charge in [-0.2, -0.15) is 26.3 Å². The minimum atomic E-state index is -4.80. The summed E-state index contributed by atoms with van der Waals surface area (Å²) in [6, 6.07) is -0.498. The van der Waals surface area contributed by atoms with Gasteiger partial charge in [0.1, 0.15) is 6.04 Å². The second kappa shape index (κ2) is 5.66. The van der Waals surface area contributed by atoms with Crippen LogP contribution in [0.1, 0.15) is 17.2 Å². The van der Waals surface area contributed by atoms with Crippen LogP contribution in [0, 0.1) is 0 Å². The SMILES string of the molecule is Cl.N[C@H](c1cc(C(F)(F)F)ccc1Br)C(F)(F)F. The number of hydrogen-bond donors (Lipinski definition) is 1. The average molecular weight is 359 g/mol. The van der Waals surface area contributed by atoms with Crippen molar-refractivity contribution in [1.29, 1.82) is 0 Å². The van der Waals surface area contributed by atoms with Crippen LogP contribution in [0.2, 0.25) is 0 Å². The first-order valence-electron chi connectivity index (χ1n) is 4.22. The van der Waals surface area contributed by atoms with E-state index in [2.05, 4.69) is 15.9 Å². The van der Waals surface area contributed by atoms with E-state index in [1.807, 2.05) is 0 Å². The van der Waals surface area contributed by atoms with Crippen molar-refractivity contribution in [2.75, 3.05) is 0 Å². The van der Waals surface area contributed by atoms with Crippen LogP contribution in [0.4, 0.5) is 26.3 Å². The molecule has 0 spiro atoms. The predicted octanol–water partition coefficient (Wildman–Crippen LogP) is 4.45. The van der Waals surface area contributed by atoms with Crippen molar-refractivity contribution in [2.45, 2.75) is 18.4 Å². The van der Waals surface area contributed by atoms with Crippen LogP contribution in [-0.4, -0.2) is 6.18 Å². The number of halogens is 8. The van der Waals surface area contributed by atoms with Gasteiger partial charge >= 0.3 is 12.4 Å². The van der Waals surface area contributed by atoms with Gasteiger partial charge in [0, 0.05) is 4.47 Å². The van der Waals surface area contributed by atoms with Gasteiger partial charge in [-0.1, -0.05) is 15.9 Å². The second-order valence-electron chi connectivity index (χ2n) is 3.25. The van der Waals surface area contributed by atoms with Gasteiger partial charge in [0.05, 0.1) is 5.56 Å². The van der Waals surface area contributed by atoms with E-state index >= 15 is 0 Å². The van der Waals surface area contributed by atoms with E-state index in [1.54, 1.807) is 0 Å². The van der Waals surface area contributed by atoms with E-state index in [0.29, 0.717) is 12.1 Å². The Labute approximate surface area is 113 Å². The second-order valence-corrected chi connectivity index (χ2v) is 4.11. The summed E-state index contributed by atoms with van der Waals surface area (Å²) in [6.45, 7) is 0. The molecule has 0 saturated heterocycles. The third kappa shape index (κ3) is 4.03. The van der Waals surface area contributed by atoms with E-state index in [-0.39, 0.29) is 16.9 Å². The zero-order valence-corrected chi connectivity index (χ0v) is 10.8. The molecule has 104 valence electrons. The standard InChI is InChI=1S/C9H6BrF6N.ClH/c10-6-2-1-4(8(11,12)13)3-5(6)7(17)9(14,15)16;/h1-3,7H,17H2;1H/t7-;/m1./s1. The van der Waals surface area contributed by atoms with E-state index < -0.39 is 29.5 Å². The number of hydrogen-bond acceptors (Lipinski definition) is 1. The van der Waals surface area contributed by atoms with Crippen LogP contribution < -0.4 is 5.73 Å². The topological polar surface area (TPSA) is 26.0 Å². The van der Waals surface area contributed by atoms with Crippen LogP contribution >= 0.6 is 28.3 Å². The Morgan fingerprint density at radius 3 is 1.94 bits per heavy atom. The highest BCUT2D eigenvalue weighted by atomic mass is 79.9. The lowest BCUT2D eigenvalue weighted by Crippen LogP contribution is -2.29. The molecule has 1 aromatic rings. The Bertz CT molecular complexity index is 416. The lowest BCUT2D eigenvalue weighted by atomic mass is 10.0. The van der Waals surface area contributed by atoms with Crippen LogP contribution in [0.5, 0.6) is 0 Å². The summed E-state index contributed by atoms with van der Waals surface area (Å²) in [4.78, 5) is 0. The Hall–Kier alpha value is -0.470. The minimum absolute atomic E-state index is 0. The molecular formula is C9H7BrClF6N. The van der Waals surface area contributed by atoms with E-state index in [0.717, 1.165) is 6.07 Å². The largest absolute Gasteiger partial charge is 0.416 e. The summed E-state index contributed by atoms with van der Waals surface area (Å²) < 4.78 is 73.8. The normalized spacial score (nSPS) is 14.0. The summed E-state index contributed by atoms with van der Waals surface area (Å²) >= 11 is 2.74. The highest BCUT2D eigenvalue weighted by molar-refractivity contribution is 9.10. The first-order valence-corrected chi connectivity index (χ1v) is 5.01. The molecular weight excluding hydrogens is 351 g/mol. The lowest BCUT2D eigenvalue weighted by Gasteiger charge is -2.18. The number of rotatable bonds is 1. The van der Waals surface area contributed by atoms with Gasteiger partial charge in [0.15, 0.2) is 0 Å². The zero-order chi connectivity index (χ0) is 13.4. The monoisotopic (exact) mass is 357 g/mol. The molecule has 0 fully saturated rings. The Kier molecular flexibility index (Phi) is 5.52. The fourth-order valence-electron chi connectivity index (χ4n) is 1.13. The van der Waals surface area contributed by atoms with Gasteiger partial charge in [-0.15, -0.1) is 12.4 Å². The van der Waals surface area contributed by atoms with Crippen molar-refractivity contribution < 1.29 is 26.3 Å². The highest BCUT2D eigenvalue weighted by Gasteiger charge is 2.40. The molecule has 0 aromatic heterocycles. The van der Waals surface area contributed by atoms with Crippen molar-refractivity contribution in [3.8, 4) is 0 Å². The number of alkyl halides is 6. The van der Waals surface area contributed by atoms with Gasteiger partial charge in [-0.25, -0.2) is 0 Å². The molecule has 0 unspecified atom stereocenters. The van der Waals surface area contributed by atoms with Crippen molar-refractivity contribution in [1.82, 2.24) is 0 Å². The first-order chi connectivity index (χ1) is 7.53. The van der Waals surface area contributed by atoms with Crippen molar-refractivity contribution in [3.05, 3.63) is 33.8 Å². The molecule has 2 N–H and O–H groups in total. The first kappa shape index (κ1) is 17.5.